The van der Waals surface area contributed by atoms with Crippen molar-refractivity contribution in [2.24, 2.45) is 4.99 Å². The normalized spacial score (nSPS) is 14.8. The number of carbonyl (C=O) groups is 1. The Morgan fingerprint density at radius 3 is 2.48 bits per heavy atom. The molecule has 5 aromatic rings. The zero-order chi connectivity index (χ0) is 32.5. The van der Waals surface area contributed by atoms with Crippen molar-refractivity contribution < 1.29 is 19.0 Å². The maximum Gasteiger partial charge on any atom is 0.338 e. The Morgan fingerprint density at radius 2 is 1.76 bits per heavy atom. The van der Waals surface area contributed by atoms with Gasteiger partial charge in [-0.25, -0.2) is 9.79 Å². The smallest absolute Gasteiger partial charge is 0.338 e. The predicted molar refractivity (Wildman–Crippen MR) is 181 cm³/mol. The minimum atomic E-state index is -0.764. The van der Waals surface area contributed by atoms with E-state index in [4.69, 9.17) is 19.2 Å². The second-order valence-electron chi connectivity index (χ2n) is 11.5. The number of hydrogen-bond acceptors (Lipinski definition) is 7. The maximum atomic E-state index is 14.4. The first-order chi connectivity index (χ1) is 22.2. The number of esters is 1. The summed E-state index contributed by atoms with van der Waals surface area (Å²) in [7, 11) is 1.57. The van der Waals surface area contributed by atoms with E-state index < -0.39 is 12.0 Å². The lowest BCUT2D eigenvalue weighted by Crippen LogP contribution is -2.40. The van der Waals surface area contributed by atoms with Gasteiger partial charge in [0.15, 0.2) is 16.3 Å². The highest BCUT2D eigenvalue weighted by atomic mass is 32.1. The van der Waals surface area contributed by atoms with Crippen LogP contribution in [0.25, 0.3) is 17.0 Å². The minimum absolute atomic E-state index is 0.0586. The molecule has 1 atom stereocenters. The highest BCUT2D eigenvalue weighted by Gasteiger charge is 2.34. The Labute approximate surface area is 271 Å². The lowest BCUT2D eigenvalue weighted by atomic mass is 9.95. The molecule has 1 aliphatic rings. The van der Waals surface area contributed by atoms with Gasteiger partial charge in [-0.15, -0.1) is 0 Å². The average molecular weight is 636 g/mol. The summed E-state index contributed by atoms with van der Waals surface area (Å²) in [6.45, 7) is 10.4. The van der Waals surface area contributed by atoms with E-state index in [2.05, 4.69) is 35.8 Å². The molecule has 0 unspecified atom stereocenters. The summed E-state index contributed by atoms with van der Waals surface area (Å²) < 4.78 is 21.5. The van der Waals surface area contributed by atoms with Gasteiger partial charge in [0.2, 0.25) is 0 Å². The van der Waals surface area contributed by atoms with E-state index in [1.54, 1.807) is 25.5 Å². The molecule has 0 saturated carbocycles. The van der Waals surface area contributed by atoms with Crippen molar-refractivity contribution in [1.29, 1.82) is 0 Å². The fraction of sp³-hybridized carbons (Fsp3) is 0.270. The molecule has 0 N–H and O–H groups in total. The highest BCUT2D eigenvalue weighted by molar-refractivity contribution is 7.07. The monoisotopic (exact) mass is 635 g/mol. The lowest BCUT2D eigenvalue weighted by molar-refractivity contribution is -0.139. The third-order valence-electron chi connectivity index (χ3n) is 8.12. The van der Waals surface area contributed by atoms with Crippen molar-refractivity contribution >= 4 is 34.3 Å². The zero-order valence-corrected chi connectivity index (χ0v) is 27.7. The van der Waals surface area contributed by atoms with Crippen molar-refractivity contribution in [3.63, 3.8) is 0 Å². The van der Waals surface area contributed by atoms with Gasteiger partial charge < -0.3 is 18.8 Å². The van der Waals surface area contributed by atoms with Crippen LogP contribution in [0.3, 0.4) is 0 Å². The molecule has 0 amide bonds. The molecular weight excluding hydrogens is 598 g/mol. The number of nitrogens with zero attached hydrogens (tertiary/aromatic N) is 3. The lowest BCUT2D eigenvalue weighted by Gasteiger charge is -2.25. The minimum Gasteiger partial charge on any atom is -0.493 e. The summed E-state index contributed by atoms with van der Waals surface area (Å²) in [5, 5.41) is 1.06. The molecule has 2 aromatic heterocycles. The summed E-state index contributed by atoms with van der Waals surface area (Å²) in [4.78, 5) is 33.1. The third-order valence-corrected chi connectivity index (χ3v) is 9.10. The van der Waals surface area contributed by atoms with Crippen LogP contribution in [-0.4, -0.2) is 34.9 Å². The van der Waals surface area contributed by atoms with Crippen LogP contribution in [0.15, 0.2) is 93.9 Å². The van der Waals surface area contributed by atoms with Crippen LogP contribution in [0, 0.1) is 6.92 Å². The molecule has 236 valence electrons. The number of rotatable bonds is 9. The Bertz CT molecular complexity index is 2150. The molecule has 9 heteroatoms. The Balaban J connectivity index is 1.54. The quantitative estimate of drug-likeness (QED) is 0.188. The number of methoxy groups -OCH3 is 1. The van der Waals surface area contributed by atoms with Gasteiger partial charge in [-0.3, -0.25) is 9.36 Å². The molecule has 0 radical (unpaired) electrons. The molecule has 3 aromatic carbocycles. The van der Waals surface area contributed by atoms with Crippen LogP contribution in [0.2, 0.25) is 0 Å². The molecule has 0 fully saturated rings. The first-order valence-electron chi connectivity index (χ1n) is 15.4. The summed E-state index contributed by atoms with van der Waals surface area (Å²) in [6.07, 6.45) is 1.90. The molecular formula is C37H37N3O5S. The van der Waals surface area contributed by atoms with Crippen LogP contribution in [0.4, 0.5) is 0 Å². The van der Waals surface area contributed by atoms with Gasteiger partial charge in [0.05, 0.1) is 41.7 Å². The third kappa shape index (κ3) is 5.67. The maximum absolute atomic E-state index is 14.4. The van der Waals surface area contributed by atoms with Crippen LogP contribution in [0.1, 0.15) is 56.1 Å². The number of aromatic nitrogens is 2. The van der Waals surface area contributed by atoms with E-state index in [0.717, 1.165) is 22.2 Å². The van der Waals surface area contributed by atoms with Gasteiger partial charge in [-0.1, -0.05) is 65.9 Å². The SMILES string of the molecule is CCOC(=O)C1=C(C)N=c2s/c(=C\c3c(C)n(Cc4ccccc4)c4ccccc34)c(=O)n2[C@H]1c1ccc(OC(C)C)c(OC)c1. The topological polar surface area (TPSA) is 84.1 Å². The van der Waals surface area contributed by atoms with Crippen LogP contribution >= 0.6 is 11.3 Å². The van der Waals surface area contributed by atoms with E-state index in [9.17, 15) is 9.59 Å². The largest absolute Gasteiger partial charge is 0.493 e. The van der Waals surface area contributed by atoms with Crippen molar-refractivity contribution in [3.05, 3.63) is 126 Å². The van der Waals surface area contributed by atoms with Crippen molar-refractivity contribution in [3.8, 4) is 11.5 Å². The highest BCUT2D eigenvalue weighted by Crippen LogP contribution is 2.36. The molecule has 46 heavy (non-hydrogen) atoms. The van der Waals surface area contributed by atoms with Gasteiger partial charge in [-0.2, -0.15) is 0 Å². The van der Waals surface area contributed by atoms with Crippen LogP contribution < -0.4 is 24.4 Å². The first-order valence-corrected chi connectivity index (χ1v) is 16.2. The number of hydrogen-bond donors (Lipinski definition) is 0. The summed E-state index contributed by atoms with van der Waals surface area (Å²) >= 11 is 1.31. The molecule has 8 nitrogen and oxygen atoms in total. The predicted octanol–water partition coefficient (Wildman–Crippen LogP) is 5.91. The average Bonchev–Trinajstić information content (AvgIpc) is 3.49. The Hall–Kier alpha value is -4.89. The molecule has 6 rings (SSSR count). The Morgan fingerprint density at radius 1 is 1.02 bits per heavy atom. The number of allylic oxidation sites excluding steroid dienone is 1. The second-order valence-corrected chi connectivity index (χ2v) is 12.5. The summed E-state index contributed by atoms with van der Waals surface area (Å²) in [5.41, 5.74) is 5.60. The van der Waals surface area contributed by atoms with Crippen molar-refractivity contribution in [2.75, 3.05) is 13.7 Å². The van der Waals surface area contributed by atoms with Gasteiger partial charge in [-0.05, 0) is 70.0 Å². The summed E-state index contributed by atoms with van der Waals surface area (Å²) in [6, 6.07) is 23.3. The zero-order valence-electron chi connectivity index (χ0n) is 26.9. The molecule has 0 spiro atoms. The van der Waals surface area contributed by atoms with Crippen LogP contribution in [0.5, 0.6) is 11.5 Å². The van der Waals surface area contributed by atoms with E-state index >= 15 is 0 Å². The number of carbonyl (C=O) groups excluding carboxylic acids is 1. The van der Waals surface area contributed by atoms with E-state index in [1.807, 2.05) is 68.5 Å². The van der Waals surface area contributed by atoms with Gasteiger partial charge in [0, 0.05) is 28.7 Å². The van der Waals surface area contributed by atoms with E-state index in [1.165, 1.54) is 16.9 Å². The van der Waals surface area contributed by atoms with Gasteiger partial charge in [0.25, 0.3) is 5.56 Å². The molecule has 0 aliphatic carbocycles. The fourth-order valence-corrected chi connectivity index (χ4v) is 7.08. The molecule has 0 bridgehead atoms. The van der Waals surface area contributed by atoms with Crippen molar-refractivity contribution in [1.82, 2.24) is 9.13 Å². The number of para-hydroxylation sites is 1. The van der Waals surface area contributed by atoms with E-state index in [0.29, 0.717) is 44.2 Å². The van der Waals surface area contributed by atoms with Crippen LogP contribution in [-0.2, 0) is 16.1 Å². The van der Waals surface area contributed by atoms with Gasteiger partial charge in [0.1, 0.15) is 0 Å². The number of ether oxygens (including phenoxy) is 3. The molecule has 1 aliphatic heterocycles. The first kappa shape index (κ1) is 31.1. The number of fused-ring (bicyclic) bond motifs is 2. The Kier molecular flexibility index (Phi) is 8.69. The molecule has 0 saturated heterocycles. The van der Waals surface area contributed by atoms with E-state index in [-0.39, 0.29) is 18.3 Å². The molecule has 3 heterocycles. The van der Waals surface area contributed by atoms with Crippen molar-refractivity contribution in [2.45, 2.75) is 53.3 Å². The van der Waals surface area contributed by atoms with Gasteiger partial charge >= 0.3 is 5.97 Å². The number of benzene rings is 3. The second kappa shape index (κ2) is 12.8. The fourth-order valence-electron chi connectivity index (χ4n) is 6.05. The standard InChI is InChI=1S/C37H37N3O5S/c1-7-44-36(42)33-23(4)38-37-40(34(33)26-17-18-30(45-22(2)3)31(19-26)43-6)35(41)32(46-37)20-28-24(5)39(21-25-13-9-8-10-14-25)29-16-12-11-15-27(28)29/h8-20,22,34H,7,21H2,1-6H3/b32-20-/t34-/m0/s1. The number of thiazole rings is 1. The summed E-state index contributed by atoms with van der Waals surface area (Å²) in [5.74, 6) is 0.576.